The third-order valence-corrected chi connectivity index (χ3v) is 3.90. The number of rotatable bonds is 9. The SMILES string of the molecule is CCOC(=O)CCCOc1ccccc1NC(=O)c1ccc(CCl)cc1. The first kappa shape index (κ1) is 19.8. The zero-order valence-corrected chi connectivity index (χ0v) is 15.4. The molecule has 0 fully saturated rings. The molecule has 138 valence electrons. The van der Waals surface area contributed by atoms with Crippen molar-refractivity contribution < 1.29 is 19.1 Å². The van der Waals surface area contributed by atoms with Gasteiger partial charge in [-0.25, -0.2) is 0 Å². The number of hydrogen-bond acceptors (Lipinski definition) is 4. The quantitative estimate of drug-likeness (QED) is 0.401. The lowest BCUT2D eigenvalue weighted by Crippen LogP contribution is -2.13. The number of ether oxygens (including phenoxy) is 2. The molecule has 0 radical (unpaired) electrons. The molecule has 2 aromatic rings. The van der Waals surface area contributed by atoms with Crippen LogP contribution >= 0.6 is 11.6 Å². The Bertz CT molecular complexity index is 731. The van der Waals surface area contributed by atoms with Crippen LogP contribution in [-0.4, -0.2) is 25.1 Å². The van der Waals surface area contributed by atoms with Gasteiger partial charge in [0.15, 0.2) is 0 Å². The van der Waals surface area contributed by atoms with Crippen LogP contribution in [0.1, 0.15) is 35.7 Å². The largest absolute Gasteiger partial charge is 0.491 e. The van der Waals surface area contributed by atoms with Crippen LogP contribution in [0.5, 0.6) is 5.75 Å². The lowest BCUT2D eigenvalue weighted by molar-refractivity contribution is -0.143. The van der Waals surface area contributed by atoms with Crippen molar-refractivity contribution in [3.63, 3.8) is 0 Å². The summed E-state index contributed by atoms with van der Waals surface area (Å²) >= 11 is 5.76. The Balaban J connectivity index is 1.93. The van der Waals surface area contributed by atoms with Crippen LogP contribution in [-0.2, 0) is 15.4 Å². The van der Waals surface area contributed by atoms with Crippen molar-refractivity contribution in [3.05, 3.63) is 59.7 Å². The number of hydrogen-bond donors (Lipinski definition) is 1. The lowest BCUT2D eigenvalue weighted by atomic mass is 10.1. The third kappa shape index (κ3) is 6.08. The van der Waals surface area contributed by atoms with E-state index in [-0.39, 0.29) is 11.9 Å². The minimum Gasteiger partial charge on any atom is -0.491 e. The zero-order valence-electron chi connectivity index (χ0n) is 14.7. The summed E-state index contributed by atoms with van der Waals surface area (Å²) in [4.78, 5) is 23.7. The molecular weight excluding hydrogens is 354 g/mol. The molecule has 0 saturated carbocycles. The second-order valence-electron chi connectivity index (χ2n) is 5.54. The first-order valence-corrected chi connectivity index (χ1v) is 9.01. The fourth-order valence-electron chi connectivity index (χ4n) is 2.27. The number of amides is 1. The molecule has 2 rings (SSSR count). The Kier molecular flexibility index (Phi) is 7.96. The number of halogens is 1. The van der Waals surface area contributed by atoms with Crippen molar-refractivity contribution in [2.45, 2.75) is 25.6 Å². The van der Waals surface area contributed by atoms with Gasteiger partial charge in [0, 0.05) is 17.9 Å². The molecule has 6 heteroatoms. The van der Waals surface area contributed by atoms with E-state index in [2.05, 4.69) is 5.32 Å². The highest BCUT2D eigenvalue weighted by Gasteiger charge is 2.10. The fraction of sp³-hybridized carbons (Fsp3) is 0.300. The van der Waals surface area contributed by atoms with E-state index < -0.39 is 0 Å². The van der Waals surface area contributed by atoms with Crippen LogP contribution < -0.4 is 10.1 Å². The van der Waals surface area contributed by atoms with Crippen molar-refractivity contribution in [3.8, 4) is 5.75 Å². The van der Waals surface area contributed by atoms with Crippen LogP contribution in [0.15, 0.2) is 48.5 Å². The van der Waals surface area contributed by atoms with E-state index >= 15 is 0 Å². The molecule has 0 aromatic heterocycles. The Morgan fingerprint density at radius 2 is 1.81 bits per heavy atom. The summed E-state index contributed by atoms with van der Waals surface area (Å²) in [5.74, 6) is 0.499. The van der Waals surface area contributed by atoms with Crippen LogP contribution in [0, 0.1) is 0 Å². The predicted molar refractivity (Wildman–Crippen MR) is 102 cm³/mol. The second kappa shape index (κ2) is 10.5. The molecule has 0 aliphatic rings. The van der Waals surface area contributed by atoms with Gasteiger partial charge in [-0.3, -0.25) is 9.59 Å². The van der Waals surface area contributed by atoms with Gasteiger partial charge in [-0.2, -0.15) is 0 Å². The number of anilines is 1. The number of carbonyl (C=O) groups excluding carboxylic acids is 2. The number of benzene rings is 2. The molecule has 0 unspecified atom stereocenters. The maximum atomic E-state index is 12.4. The summed E-state index contributed by atoms with van der Waals surface area (Å²) in [6.07, 6.45) is 0.844. The van der Waals surface area contributed by atoms with Crippen molar-refractivity contribution in [1.29, 1.82) is 0 Å². The maximum Gasteiger partial charge on any atom is 0.305 e. The molecule has 0 aliphatic carbocycles. The number of esters is 1. The molecule has 0 saturated heterocycles. The smallest absolute Gasteiger partial charge is 0.305 e. The maximum absolute atomic E-state index is 12.4. The molecule has 5 nitrogen and oxygen atoms in total. The minimum atomic E-state index is -0.238. The highest BCUT2D eigenvalue weighted by molar-refractivity contribution is 6.17. The summed E-state index contributed by atoms with van der Waals surface area (Å²) in [7, 11) is 0. The Morgan fingerprint density at radius 1 is 1.08 bits per heavy atom. The average molecular weight is 376 g/mol. The number of carbonyl (C=O) groups is 2. The summed E-state index contributed by atoms with van der Waals surface area (Å²) < 4.78 is 10.6. The minimum absolute atomic E-state index is 0.228. The molecule has 0 spiro atoms. The highest BCUT2D eigenvalue weighted by Crippen LogP contribution is 2.24. The van der Waals surface area contributed by atoms with E-state index in [9.17, 15) is 9.59 Å². The molecular formula is C20H22ClNO4. The van der Waals surface area contributed by atoms with E-state index in [4.69, 9.17) is 21.1 Å². The Labute approximate surface area is 158 Å². The molecule has 0 heterocycles. The standard InChI is InChI=1S/C20H22ClNO4/c1-2-25-19(23)8-5-13-26-18-7-4-3-6-17(18)22-20(24)16-11-9-15(14-21)10-12-16/h3-4,6-7,9-12H,2,5,8,13-14H2,1H3,(H,22,24). The van der Waals surface area contributed by atoms with Gasteiger partial charge in [-0.1, -0.05) is 24.3 Å². The highest BCUT2D eigenvalue weighted by atomic mass is 35.5. The van der Waals surface area contributed by atoms with Crippen molar-refractivity contribution in [1.82, 2.24) is 0 Å². The van der Waals surface area contributed by atoms with Crippen LogP contribution in [0.25, 0.3) is 0 Å². The summed E-state index contributed by atoms with van der Waals surface area (Å²) in [6.45, 7) is 2.51. The lowest BCUT2D eigenvalue weighted by Gasteiger charge is -2.12. The normalized spacial score (nSPS) is 10.2. The van der Waals surface area contributed by atoms with E-state index in [0.29, 0.717) is 48.9 Å². The van der Waals surface area contributed by atoms with Gasteiger partial charge in [0.1, 0.15) is 5.75 Å². The van der Waals surface area contributed by atoms with E-state index in [1.807, 2.05) is 24.3 Å². The summed E-state index contributed by atoms with van der Waals surface area (Å²) in [5, 5.41) is 2.85. The van der Waals surface area contributed by atoms with Crippen LogP contribution in [0.3, 0.4) is 0 Å². The topological polar surface area (TPSA) is 64.6 Å². The summed E-state index contributed by atoms with van der Waals surface area (Å²) in [6, 6.07) is 14.3. The van der Waals surface area contributed by atoms with E-state index in [1.54, 1.807) is 31.2 Å². The number of nitrogens with one attached hydrogen (secondary N) is 1. The number of para-hydroxylation sites is 2. The van der Waals surface area contributed by atoms with Gasteiger partial charge in [0.05, 0.1) is 18.9 Å². The Morgan fingerprint density at radius 3 is 2.50 bits per heavy atom. The molecule has 26 heavy (non-hydrogen) atoms. The van der Waals surface area contributed by atoms with E-state index in [1.165, 1.54) is 0 Å². The van der Waals surface area contributed by atoms with Crippen molar-refractivity contribution >= 4 is 29.2 Å². The molecule has 1 amide bonds. The van der Waals surface area contributed by atoms with Crippen LogP contribution in [0.4, 0.5) is 5.69 Å². The zero-order chi connectivity index (χ0) is 18.8. The van der Waals surface area contributed by atoms with Gasteiger partial charge in [-0.05, 0) is 43.2 Å². The molecule has 2 aromatic carbocycles. The fourth-order valence-corrected chi connectivity index (χ4v) is 2.45. The first-order valence-electron chi connectivity index (χ1n) is 8.47. The van der Waals surface area contributed by atoms with Gasteiger partial charge in [0.2, 0.25) is 0 Å². The van der Waals surface area contributed by atoms with Gasteiger partial charge < -0.3 is 14.8 Å². The van der Waals surface area contributed by atoms with Crippen molar-refractivity contribution in [2.24, 2.45) is 0 Å². The van der Waals surface area contributed by atoms with E-state index in [0.717, 1.165) is 5.56 Å². The van der Waals surface area contributed by atoms with Gasteiger partial charge in [-0.15, -0.1) is 11.6 Å². The Hall–Kier alpha value is -2.53. The van der Waals surface area contributed by atoms with Gasteiger partial charge >= 0.3 is 5.97 Å². The predicted octanol–water partition coefficient (Wildman–Crippen LogP) is 4.40. The molecule has 0 atom stereocenters. The average Bonchev–Trinajstić information content (AvgIpc) is 2.66. The van der Waals surface area contributed by atoms with Crippen LogP contribution in [0.2, 0.25) is 0 Å². The monoisotopic (exact) mass is 375 g/mol. The third-order valence-electron chi connectivity index (χ3n) is 3.59. The molecule has 1 N–H and O–H groups in total. The number of alkyl halides is 1. The van der Waals surface area contributed by atoms with Crippen molar-refractivity contribution in [2.75, 3.05) is 18.5 Å². The second-order valence-corrected chi connectivity index (χ2v) is 5.81. The molecule has 0 bridgehead atoms. The summed E-state index contributed by atoms with van der Waals surface area (Å²) in [5.41, 5.74) is 2.07. The first-order chi connectivity index (χ1) is 12.6. The molecule has 0 aliphatic heterocycles. The van der Waals surface area contributed by atoms with Gasteiger partial charge in [0.25, 0.3) is 5.91 Å².